The molecule has 0 saturated heterocycles. The molecule has 126 valence electrons. The van der Waals surface area contributed by atoms with Crippen molar-refractivity contribution in [3.8, 4) is 11.5 Å². The highest BCUT2D eigenvalue weighted by atomic mass is 32.1. The third-order valence-corrected chi connectivity index (χ3v) is 4.23. The van der Waals surface area contributed by atoms with E-state index in [1.54, 1.807) is 7.11 Å². The molecule has 0 saturated carbocycles. The first-order valence-corrected chi connectivity index (χ1v) is 8.37. The molecule has 0 radical (unpaired) electrons. The number of fused-ring (bicyclic) bond motifs is 1. The Morgan fingerprint density at radius 3 is 2.67 bits per heavy atom. The second kappa shape index (κ2) is 6.69. The number of hydrogen-bond acceptors (Lipinski definition) is 3. The van der Waals surface area contributed by atoms with Gasteiger partial charge in [-0.25, -0.2) is 0 Å². The molecule has 5 heteroatoms. The number of para-hydroxylation sites is 1. The van der Waals surface area contributed by atoms with Crippen molar-refractivity contribution in [2.45, 2.75) is 31.9 Å². The highest BCUT2D eigenvalue weighted by Gasteiger charge is 2.34. The lowest BCUT2D eigenvalue weighted by Gasteiger charge is -2.38. The Bertz CT molecular complexity index is 731. The molecular weight excluding hydrogens is 320 g/mol. The zero-order chi connectivity index (χ0) is 17.2. The summed E-state index contributed by atoms with van der Waals surface area (Å²) in [6, 6.07) is 15.8. The van der Waals surface area contributed by atoms with E-state index in [9.17, 15) is 0 Å². The molecule has 1 aliphatic heterocycles. The summed E-state index contributed by atoms with van der Waals surface area (Å²) in [6.45, 7) is 4.17. The quantitative estimate of drug-likeness (QED) is 0.815. The van der Waals surface area contributed by atoms with E-state index in [1.807, 2.05) is 48.5 Å². The van der Waals surface area contributed by atoms with E-state index in [1.165, 1.54) is 0 Å². The van der Waals surface area contributed by atoms with Crippen molar-refractivity contribution in [3.63, 3.8) is 0 Å². The van der Waals surface area contributed by atoms with E-state index in [-0.39, 0.29) is 11.6 Å². The molecule has 2 aromatic rings. The number of rotatable bonds is 3. The summed E-state index contributed by atoms with van der Waals surface area (Å²) in [5.41, 5.74) is 1.76. The van der Waals surface area contributed by atoms with E-state index in [4.69, 9.17) is 21.7 Å². The van der Waals surface area contributed by atoms with Gasteiger partial charge in [0, 0.05) is 17.7 Å². The van der Waals surface area contributed by atoms with Gasteiger partial charge in [-0.05, 0) is 56.4 Å². The standard InChI is InChI=1S/C19H22N2O2S/c1-19(2)12-16(15-11-14(22-3)9-10-17(15)23-19)21-18(24)20-13-7-5-4-6-8-13/h4-11,16H,12H2,1-3H3,(H2,20,21,24)/t16-/m0/s1. The van der Waals surface area contributed by atoms with Crippen molar-refractivity contribution in [1.29, 1.82) is 0 Å². The van der Waals surface area contributed by atoms with Gasteiger partial charge < -0.3 is 20.1 Å². The molecule has 0 unspecified atom stereocenters. The first-order valence-electron chi connectivity index (χ1n) is 7.96. The molecule has 24 heavy (non-hydrogen) atoms. The van der Waals surface area contributed by atoms with Crippen LogP contribution >= 0.6 is 12.2 Å². The van der Waals surface area contributed by atoms with Gasteiger partial charge in [0.2, 0.25) is 0 Å². The minimum absolute atomic E-state index is 0.0579. The van der Waals surface area contributed by atoms with Crippen molar-refractivity contribution in [3.05, 3.63) is 54.1 Å². The minimum atomic E-state index is -0.262. The Balaban J connectivity index is 1.80. The fraction of sp³-hybridized carbons (Fsp3) is 0.316. The Morgan fingerprint density at radius 2 is 1.96 bits per heavy atom. The predicted molar refractivity (Wildman–Crippen MR) is 101 cm³/mol. The van der Waals surface area contributed by atoms with Gasteiger partial charge in [-0.2, -0.15) is 0 Å². The number of benzene rings is 2. The highest BCUT2D eigenvalue weighted by Crippen LogP contribution is 2.41. The maximum absolute atomic E-state index is 6.09. The van der Waals surface area contributed by atoms with Gasteiger partial charge in [-0.15, -0.1) is 0 Å². The molecule has 0 fully saturated rings. The van der Waals surface area contributed by atoms with Crippen LogP contribution < -0.4 is 20.1 Å². The first-order chi connectivity index (χ1) is 11.5. The molecule has 4 nitrogen and oxygen atoms in total. The molecule has 0 aliphatic carbocycles. The monoisotopic (exact) mass is 342 g/mol. The van der Waals surface area contributed by atoms with Crippen LogP contribution in [-0.2, 0) is 0 Å². The maximum atomic E-state index is 6.09. The number of anilines is 1. The van der Waals surface area contributed by atoms with E-state index in [0.29, 0.717) is 5.11 Å². The second-order valence-electron chi connectivity index (χ2n) is 6.49. The van der Waals surface area contributed by atoms with Gasteiger partial charge >= 0.3 is 0 Å². The van der Waals surface area contributed by atoms with Crippen LogP contribution in [0.5, 0.6) is 11.5 Å². The maximum Gasteiger partial charge on any atom is 0.171 e. The van der Waals surface area contributed by atoms with Crippen LogP contribution in [0.1, 0.15) is 31.9 Å². The molecule has 1 atom stereocenters. The topological polar surface area (TPSA) is 42.5 Å². The largest absolute Gasteiger partial charge is 0.497 e. The van der Waals surface area contributed by atoms with Crippen LogP contribution in [0.15, 0.2) is 48.5 Å². The van der Waals surface area contributed by atoms with Crippen molar-refractivity contribution in [1.82, 2.24) is 5.32 Å². The Labute approximate surface area is 148 Å². The minimum Gasteiger partial charge on any atom is -0.497 e. The van der Waals surface area contributed by atoms with Gasteiger partial charge in [0.15, 0.2) is 5.11 Å². The van der Waals surface area contributed by atoms with Crippen LogP contribution in [0.4, 0.5) is 5.69 Å². The van der Waals surface area contributed by atoms with Crippen molar-refractivity contribution < 1.29 is 9.47 Å². The van der Waals surface area contributed by atoms with Gasteiger partial charge in [-0.1, -0.05) is 18.2 Å². The molecule has 2 aromatic carbocycles. The zero-order valence-corrected chi connectivity index (χ0v) is 14.9. The molecule has 3 rings (SSSR count). The molecule has 1 aliphatic rings. The van der Waals surface area contributed by atoms with Crippen LogP contribution in [0.2, 0.25) is 0 Å². The number of methoxy groups -OCH3 is 1. The van der Waals surface area contributed by atoms with E-state index in [0.717, 1.165) is 29.2 Å². The van der Waals surface area contributed by atoms with Crippen LogP contribution in [0, 0.1) is 0 Å². The number of ether oxygens (including phenoxy) is 2. The summed E-state index contributed by atoms with van der Waals surface area (Å²) in [4.78, 5) is 0. The summed E-state index contributed by atoms with van der Waals surface area (Å²) >= 11 is 5.49. The fourth-order valence-corrected chi connectivity index (χ4v) is 3.20. The molecule has 0 aromatic heterocycles. The van der Waals surface area contributed by atoms with Crippen molar-refractivity contribution in [2.24, 2.45) is 0 Å². The lowest BCUT2D eigenvalue weighted by Crippen LogP contribution is -2.42. The van der Waals surface area contributed by atoms with Gasteiger partial charge in [0.1, 0.15) is 17.1 Å². The highest BCUT2D eigenvalue weighted by molar-refractivity contribution is 7.80. The Hall–Kier alpha value is -2.27. The third kappa shape index (κ3) is 3.79. The predicted octanol–water partition coefficient (Wildman–Crippen LogP) is 4.28. The van der Waals surface area contributed by atoms with Crippen LogP contribution in [0.3, 0.4) is 0 Å². The Morgan fingerprint density at radius 1 is 1.21 bits per heavy atom. The Kier molecular flexibility index (Phi) is 4.62. The second-order valence-corrected chi connectivity index (χ2v) is 6.89. The fourth-order valence-electron chi connectivity index (χ4n) is 2.94. The summed E-state index contributed by atoms with van der Waals surface area (Å²) in [6.07, 6.45) is 0.809. The smallest absolute Gasteiger partial charge is 0.171 e. The van der Waals surface area contributed by atoms with E-state index < -0.39 is 0 Å². The van der Waals surface area contributed by atoms with Crippen LogP contribution in [0.25, 0.3) is 0 Å². The number of thiocarbonyl (C=S) groups is 1. The molecule has 0 bridgehead atoms. The summed E-state index contributed by atoms with van der Waals surface area (Å²) in [7, 11) is 1.67. The molecule has 0 amide bonds. The SMILES string of the molecule is COc1ccc2c(c1)[C@@H](NC(=S)Nc1ccccc1)CC(C)(C)O2. The lowest BCUT2D eigenvalue weighted by molar-refractivity contribution is 0.0695. The van der Waals surface area contributed by atoms with E-state index in [2.05, 4.69) is 24.5 Å². The van der Waals surface area contributed by atoms with Crippen molar-refractivity contribution >= 4 is 23.0 Å². The van der Waals surface area contributed by atoms with E-state index >= 15 is 0 Å². The summed E-state index contributed by atoms with van der Waals surface area (Å²) in [5.74, 6) is 1.68. The number of hydrogen-bond donors (Lipinski definition) is 2. The lowest BCUT2D eigenvalue weighted by atomic mass is 9.89. The van der Waals surface area contributed by atoms with Gasteiger partial charge in [-0.3, -0.25) is 0 Å². The summed E-state index contributed by atoms with van der Waals surface area (Å²) in [5, 5.41) is 7.23. The first kappa shape index (κ1) is 16.6. The zero-order valence-electron chi connectivity index (χ0n) is 14.1. The van der Waals surface area contributed by atoms with Crippen molar-refractivity contribution in [2.75, 3.05) is 12.4 Å². The van der Waals surface area contributed by atoms with Gasteiger partial charge in [0.05, 0.1) is 13.2 Å². The third-order valence-electron chi connectivity index (χ3n) is 4.01. The molecule has 1 heterocycles. The molecule has 2 N–H and O–H groups in total. The summed E-state index contributed by atoms with van der Waals surface area (Å²) < 4.78 is 11.4. The van der Waals surface area contributed by atoms with Gasteiger partial charge in [0.25, 0.3) is 0 Å². The van der Waals surface area contributed by atoms with Crippen LogP contribution in [-0.4, -0.2) is 17.8 Å². The average Bonchev–Trinajstić information content (AvgIpc) is 2.54. The normalized spacial score (nSPS) is 18.0. The molecule has 0 spiro atoms. The average molecular weight is 342 g/mol. The number of nitrogens with one attached hydrogen (secondary N) is 2. The molecular formula is C19H22N2O2S.